The van der Waals surface area contributed by atoms with Crippen molar-refractivity contribution >= 4 is 23.6 Å². The molecular formula is C12H20N2O3S. The van der Waals surface area contributed by atoms with Gasteiger partial charge in [-0.1, -0.05) is 6.92 Å². The fourth-order valence-electron chi connectivity index (χ4n) is 2.64. The summed E-state index contributed by atoms with van der Waals surface area (Å²) in [4.78, 5) is 25.2. The molecule has 2 saturated heterocycles. The number of piperidine rings is 1. The van der Waals surface area contributed by atoms with Crippen LogP contribution in [0.4, 0.5) is 0 Å². The Labute approximate surface area is 111 Å². The average Bonchev–Trinajstić information content (AvgIpc) is 2.70. The van der Waals surface area contributed by atoms with Gasteiger partial charge in [0.2, 0.25) is 5.91 Å². The number of aliphatic carboxylic acids is 1. The quantitative estimate of drug-likeness (QED) is 0.776. The Kier molecular flexibility index (Phi) is 4.17. The van der Waals surface area contributed by atoms with E-state index in [9.17, 15) is 14.7 Å². The molecule has 2 fully saturated rings. The third kappa shape index (κ3) is 2.64. The molecule has 0 aromatic heterocycles. The number of nitrogens with zero attached hydrogens (tertiary/aromatic N) is 1. The number of carboxylic acid groups (broad SMARTS) is 1. The van der Waals surface area contributed by atoms with E-state index in [0.717, 1.165) is 19.4 Å². The van der Waals surface area contributed by atoms with Crippen LogP contribution in [0.5, 0.6) is 0 Å². The maximum atomic E-state index is 12.5. The summed E-state index contributed by atoms with van der Waals surface area (Å²) < 4.78 is 0. The highest BCUT2D eigenvalue weighted by atomic mass is 32.2. The SMILES string of the molecule is CC1CCNC(C(=O)N2C(C)SCC2C(=O)O)C1. The standard InChI is InChI=1S/C12H20N2O3S/c1-7-3-4-13-9(5-7)11(15)14-8(2)18-6-10(14)12(16)17/h7-10,13H,3-6H2,1-2H3,(H,16,17). The summed E-state index contributed by atoms with van der Waals surface area (Å²) in [6.07, 6.45) is 1.88. The highest BCUT2D eigenvalue weighted by Crippen LogP contribution is 2.30. The molecule has 0 aliphatic carbocycles. The maximum absolute atomic E-state index is 12.5. The summed E-state index contributed by atoms with van der Waals surface area (Å²) in [6.45, 7) is 4.88. The molecular weight excluding hydrogens is 252 g/mol. The second-order valence-corrected chi connectivity index (χ2v) is 6.52. The summed E-state index contributed by atoms with van der Waals surface area (Å²) in [7, 11) is 0. The van der Waals surface area contributed by atoms with E-state index < -0.39 is 12.0 Å². The monoisotopic (exact) mass is 272 g/mol. The van der Waals surface area contributed by atoms with Gasteiger partial charge in [-0.05, 0) is 32.2 Å². The number of hydrogen-bond donors (Lipinski definition) is 2. The second kappa shape index (κ2) is 5.48. The first-order valence-corrected chi connectivity index (χ1v) is 7.45. The van der Waals surface area contributed by atoms with E-state index in [2.05, 4.69) is 12.2 Å². The van der Waals surface area contributed by atoms with E-state index in [1.165, 1.54) is 11.8 Å². The van der Waals surface area contributed by atoms with Gasteiger partial charge < -0.3 is 15.3 Å². The fourth-order valence-corrected chi connectivity index (χ4v) is 3.82. The predicted octanol–water partition coefficient (Wildman–Crippen LogP) is 0.749. The first-order valence-electron chi connectivity index (χ1n) is 6.40. The highest BCUT2D eigenvalue weighted by molar-refractivity contribution is 8.00. The zero-order valence-electron chi connectivity index (χ0n) is 10.8. The minimum absolute atomic E-state index is 0.0439. The van der Waals surface area contributed by atoms with Crippen LogP contribution < -0.4 is 5.32 Å². The molecule has 2 heterocycles. The van der Waals surface area contributed by atoms with Gasteiger partial charge in [-0.3, -0.25) is 4.79 Å². The van der Waals surface area contributed by atoms with Crippen LogP contribution in [0.3, 0.4) is 0 Å². The van der Waals surface area contributed by atoms with Crippen molar-refractivity contribution in [2.75, 3.05) is 12.3 Å². The smallest absolute Gasteiger partial charge is 0.327 e. The van der Waals surface area contributed by atoms with Crippen LogP contribution in [0.15, 0.2) is 0 Å². The molecule has 4 atom stereocenters. The Morgan fingerprint density at radius 2 is 2.11 bits per heavy atom. The topological polar surface area (TPSA) is 69.6 Å². The van der Waals surface area contributed by atoms with Crippen LogP contribution in [-0.4, -0.2) is 51.6 Å². The van der Waals surface area contributed by atoms with E-state index in [0.29, 0.717) is 11.7 Å². The normalized spacial score (nSPS) is 36.7. The van der Waals surface area contributed by atoms with Gasteiger partial charge in [-0.25, -0.2) is 4.79 Å². The minimum Gasteiger partial charge on any atom is -0.480 e. The van der Waals surface area contributed by atoms with Crippen molar-refractivity contribution in [3.05, 3.63) is 0 Å². The first kappa shape index (κ1) is 13.7. The minimum atomic E-state index is -0.899. The van der Waals surface area contributed by atoms with Crippen LogP contribution in [0.1, 0.15) is 26.7 Å². The second-order valence-electron chi connectivity index (χ2n) is 5.17. The molecule has 2 aliphatic rings. The number of amides is 1. The van der Waals surface area contributed by atoms with Crippen LogP contribution in [0, 0.1) is 5.92 Å². The Bertz CT molecular complexity index is 350. The molecule has 5 nitrogen and oxygen atoms in total. The number of thioether (sulfide) groups is 1. The number of carbonyl (C=O) groups excluding carboxylic acids is 1. The van der Waals surface area contributed by atoms with E-state index in [-0.39, 0.29) is 17.3 Å². The van der Waals surface area contributed by atoms with Gasteiger partial charge in [-0.15, -0.1) is 11.8 Å². The van der Waals surface area contributed by atoms with Crippen molar-refractivity contribution in [1.82, 2.24) is 10.2 Å². The molecule has 0 aromatic carbocycles. The molecule has 0 radical (unpaired) electrons. The summed E-state index contributed by atoms with van der Waals surface area (Å²) in [5.41, 5.74) is 0. The van der Waals surface area contributed by atoms with E-state index in [1.807, 2.05) is 6.92 Å². The molecule has 0 saturated carbocycles. The first-order chi connectivity index (χ1) is 8.50. The number of nitrogens with one attached hydrogen (secondary N) is 1. The van der Waals surface area contributed by atoms with Gasteiger partial charge in [0.15, 0.2) is 0 Å². The lowest BCUT2D eigenvalue weighted by molar-refractivity contribution is -0.150. The van der Waals surface area contributed by atoms with Crippen molar-refractivity contribution in [3.63, 3.8) is 0 Å². The number of carboxylic acids is 1. The Morgan fingerprint density at radius 3 is 2.72 bits per heavy atom. The van der Waals surface area contributed by atoms with Crippen LogP contribution in [0.2, 0.25) is 0 Å². The van der Waals surface area contributed by atoms with Gasteiger partial charge in [-0.2, -0.15) is 0 Å². The van der Waals surface area contributed by atoms with Gasteiger partial charge in [0.1, 0.15) is 6.04 Å². The van der Waals surface area contributed by atoms with Crippen molar-refractivity contribution in [3.8, 4) is 0 Å². The largest absolute Gasteiger partial charge is 0.480 e. The van der Waals surface area contributed by atoms with Gasteiger partial charge in [0.05, 0.1) is 11.4 Å². The Balaban J connectivity index is 2.08. The maximum Gasteiger partial charge on any atom is 0.327 e. The molecule has 2 rings (SSSR count). The Morgan fingerprint density at radius 1 is 1.39 bits per heavy atom. The van der Waals surface area contributed by atoms with Crippen molar-refractivity contribution < 1.29 is 14.7 Å². The lowest BCUT2D eigenvalue weighted by Gasteiger charge is -2.33. The van der Waals surface area contributed by atoms with E-state index in [1.54, 1.807) is 4.90 Å². The third-order valence-electron chi connectivity index (χ3n) is 3.73. The van der Waals surface area contributed by atoms with Crippen LogP contribution in [-0.2, 0) is 9.59 Å². The highest BCUT2D eigenvalue weighted by Gasteiger charge is 2.42. The summed E-state index contributed by atoms with van der Waals surface area (Å²) >= 11 is 1.53. The molecule has 6 heteroatoms. The molecule has 18 heavy (non-hydrogen) atoms. The number of hydrogen-bond acceptors (Lipinski definition) is 4. The number of carbonyl (C=O) groups is 2. The average molecular weight is 272 g/mol. The van der Waals surface area contributed by atoms with Gasteiger partial charge in [0.25, 0.3) is 0 Å². The van der Waals surface area contributed by atoms with Gasteiger partial charge in [0, 0.05) is 5.75 Å². The van der Waals surface area contributed by atoms with Crippen molar-refractivity contribution in [1.29, 1.82) is 0 Å². The molecule has 0 aromatic rings. The molecule has 0 spiro atoms. The number of rotatable bonds is 2. The molecule has 0 bridgehead atoms. The molecule has 1 amide bonds. The van der Waals surface area contributed by atoms with Crippen LogP contribution >= 0.6 is 11.8 Å². The fraction of sp³-hybridized carbons (Fsp3) is 0.833. The molecule has 2 N–H and O–H groups in total. The van der Waals surface area contributed by atoms with Crippen LogP contribution in [0.25, 0.3) is 0 Å². The van der Waals surface area contributed by atoms with E-state index >= 15 is 0 Å². The molecule has 102 valence electrons. The lowest BCUT2D eigenvalue weighted by atomic mass is 9.93. The lowest BCUT2D eigenvalue weighted by Crippen LogP contribution is -2.54. The van der Waals surface area contributed by atoms with Gasteiger partial charge >= 0.3 is 5.97 Å². The Hall–Kier alpha value is -0.750. The zero-order chi connectivity index (χ0) is 13.3. The summed E-state index contributed by atoms with van der Waals surface area (Å²) in [5.74, 6) is 0.0642. The molecule has 2 aliphatic heterocycles. The molecule has 4 unspecified atom stereocenters. The zero-order valence-corrected chi connectivity index (χ0v) is 11.6. The van der Waals surface area contributed by atoms with E-state index in [4.69, 9.17) is 0 Å². The van der Waals surface area contributed by atoms with Crippen molar-refractivity contribution in [2.45, 2.75) is 44.1 Å². The van der Waals surface area contributed by atoms with Crippen molar-refractivity contribution in [2.24, 2.45) is 5.92 Å². The predicted molar refractivity (Wildman–Crippen MR) is 70.4 cm³/mol. The summed E-state index contributed by atoms with van der Waals surface area (Å²) in [5, 5.41) is 12.3. The summed E-state index contributed by atoms with van der Waals surface area (Å²) in [6, 6.07) is -0.881. The third-order valence-corrected chi connectivity index (χ3v) is 4.94.